The maximum atomic E-state index is 13.4. The van der Waals surface area contributed by atoms with Gasteiger partial charge in [-0.15, -0.1) is 11.3 Å². The van der Waals surface area contributed by atoms with E-state index in [0.717, 1.165) is 17.7 Å². The van der Waals surface area contributed by atoms with Crippen LogP contribution in [0, 0.1) is 0 Å². The van der Waals surface area contributed by atoms with E-state index < -0.39 is 18.0 Å². The highest BCUT2D eigenvalue weighted by atomic mass is 32.1. The highest BCUT2D eigenvalue weighted by molar-refractivity contribution is 7.14. The fourth-order valence-corrected chi connectivity index (χ4v) is 4.96. The molecule has 0 aliphatic carbocycles. The Labute approximate surface area is 239 Å². The number of hydrogen-bond donors (Lipinski definition) is 1. The molecule has 1 unspecified atom stereocenters. The van der Waals surface area contributed by atoms with Gasteiger partial charge in [-0.25, -0.2) is 9.78 Å². The van der Waals surface area contributed by atoms with Gasteiger partial charge in [0.1, 0.15) is 11.5 Å². The third-order valence-corrected chi connectivity index (χ3v) is 7.21. The number of rotatable bonds is 13. The number of carbonyl (C=O) groups excluding carboxylic acids is 2. The Morgan fingerprint density at radius 3 is 2.25 bits per heavy atom. The number of hydrogen-bond acceptors (Lipinski definition) is 7. The van der Waals surface area contributed by atoms with Crippen LogP contribution in [0.15, 0.2) is 78.2 Å². The monoisotopic (exact) mass is 558 g/mol. The van der Waals surface area contributed by atoms with Crippen molar-refractivity contribution in [2.45, 2.75) is 45.1 Å². The van der Waals surface area contributed by atoms with E-state index >= 15 is 0 Å². The Bertz CT molecular complexity index is 1380. The fraction of sp³-hybridized carbons (Fsp3) is 0.281. The van der Waals surface area contributed by atoms with Crippen LogP contribution < -0.4 is 14.8 Å². The second kappa shape index (κ2) is 14.3. The molecule has 0 spiro atoms. The predicted molar refractivity (Wildman–Crippen MR) is 158 cm³/mol. The van der Waals surface area contributed by atoms with E-state index in [1.807, 2.05) is 11.4 Å². The van der Waals surface area contributed by atoms with E-state index in [2.05, 4.69) is 41.5 Å². The molecule has 0 aliphatic heterocycles. The molecule has 4 rings (SSSR count). The number of methoxy groups -OCH3 is 2. The van der Waals surface area contributed by atoms with Crippen LogP contribution in [0.5, 0.6) is 11.5 Å². The summed E-state index contributed by atoms with van der Waals surface area (Å²) < 4.78 is 16.2. The minimum absolute atomic E-state index is 0.204. The maximum absolute atomic E-state index is 13.4. The molecular formula is C32H34N2O5S. The molecule has 0 fully saturated rings. The number of thiazole rings is 1. The number of ether oxygens (including phenoxy) is 3. The zero-order valence-corrected chi connectivity index (χ0v) is 23.8. The van der Waals surface area contributed by atoms with Crippen LogP contribution >= 0.6 is 11.3 Å². The van der Waals surface area contributed by atoms with E-state index in [-0.39, 0.29) is 5.56 Å². The van der Waals surface area contributed by atoms with Crippen molar-refractivity contribution in [3.63, 3.8) is 0 Å². The molecule has 3 aromatic carbocycles. The topological polar surface area (TPSA) is 86.8 Å². The lowest BCUT2D eigenvalue weighted by Gasteiger charge is -2.18. The molecule has 0 aliphatic rings. The quantitative estimate of drug-likeness (QED) is 0.135. The molecule has 4 aromatic rings. The number of aromatic nitrogens is 1. The van der Waals surface area contributed by atoms with Crippen molar-refractivity contribution in [3.8, 4) is 22.8 Å². The van der Waals surface area contributed by atoms with Gasteiger partial charge in [-0.05, 0) is 30.5 Å². The standard InChI is InChI=1S/C32H34N2O5S/c1-4-5-6-8-11-22-14-16-23(17-15-22)28-21-40-32(33-28)34-30(35)29(24-12-9-7-10-13-24)39-31(36)25-18-26(37-2)20-27(19-25)38-3/h7,9-10,12-21,29H,4-6,8,11H2,1-3H3,(H,33,34,35). The molecule has 0 saturated heterocycles. The second-order valence-corrected chi connectivity index (χ2v) is 10.2. The molecule has 1 aromatic heterocycles. The van der Waals surface area contributed by atoms with Crippen molar-refractivity contribution in [2.75, 3.05) is 19.5 Å². The minimum atomic E-state index is -1.19. The third-order valence-electron chi connectivity index (χ3n) is 6.46. The Hall–Kier alpha value is -4.17. The summed E-state index contributed by atoms with van der Waals surface area (Å²) in [5, 5.41) is 5.15. The number of unbranched alkanes of at least 4 members (excludes halogenated alkanes) is 3. The Morgan fingerprint density at radius 1 is 0.900 bits per heavy atom. The molecule has 0 bridgehead atoms. The molecule has 8 heteroatoms. The summed E-state index contributed by atoms with van der Waals surface area (Å²) in [7, 11) is 2.99. The molecule has 1 amide bonds. The van der Waals surface area contributed by atoms with Gasteiger partial charge in [0.15, 0.2) is 5.13 Å². The number of nitrogens with zero attached hydrogens (tertiary/aromatic N) is 1. The van der Waals surface area contributed by atoms with Gasteiger partial charge in [0.25, 0.3) is 5.91 Å². The number of esters is 1. The highest BCUT2D eigenvalue weighted by Gasteiger charge is 2.27. The number of benzene rings is 3. The SMILES string of the molecule is CCCCCCc1ccc(-c2csc(NC(=O)C(OC(=O)c3cc(OC)cc(OC)c3)c3ccccc3)n2)cc1. The van der Waals surface area contributed by atoms with Gasteiger partial charge in [0, 0.05) is 22.6 Å². The largest absolute Gasteiger partial charge is 0.497 e. The number of carbonyl (C=O) groups is 2. The lowest BCUT2D eigenvalue weighted by molar-refractivity contribution is -0.125. The summed E-state index contributed by atoms with van der Waals surface area (Å²) >= 11 is 1.32. The van der Waals surface area contributed by atoms with Gasteiger partial charge in [-0.3, -0.25) is 10.1 Å². The number of amides is 1. The van der Waals surface area contributed by atoms with Gasteiger partial charge >= 0.3 is 5.97 Å². The third kappa shape index (κ3) is 7.70. The molecule has 1 N–H and O–H groups in total. The van der Waals surface area contributed by atoms with Crippen molar-refractivity contribution < 1.29 is 23.8 Å². The lowest BCUT2D eigenvalue weighted by atomic mass is 10.0. The smallest absolute Gasteiger partial charge is 0.339 e. The number of aryl methyl sites for hydroxylation is 1. The summed E-state index contributed by atoms with van der Waals surface area (Å²) in [6.07, 6.45) is 4.82. The van der Waals surface area contributed by atoms with Crippen LogP contribution in [-0.2, 0) is 16.0 Å². The van der Waals surface area contributed by atoms with Crippen molar-refractivity contribution in [2.24, 2.45) is 0 Å². The maximum Gasteiger partial charge on any atom is 0.339 e. The lowest BCUT2D eigenvalue weighted by Crippen LogP contribution is -2.26. The van der Waals surface area contributed by atoms with E-state index in [1.165, 1.54) is 68.9 Å². The van der Waals surface area contributed by atoms with E-state index in [0.29, 0.717) is 22.2 Å². The summed E-state index contributed by atoms with van der Waals surface area (Å²) in [4.78, 5) is 31.1. The molecule has 208 valence electrons. The number of nitrogens with one attached hydrogen (secondary N) is 1. The first-order valence-electron chi connectivity index (χ1n) is 13.4. The van der Waals surface area contributed by atoms with Crippen molar-refractivity contribution in [1.82, 2.24) is 4.98 Å². The Morgan fingerprint density at radius 2 is 1.60 bits per heavy atom. The predicted octanol–water partition coefficient (Wildman–Crippen LogP) is 7.49. The van der Waals surface area contributed by atoms with Crippen molar-refractivity contribution in [3.05, 3.63) is 94.9 Å². The fourth-order valence-electron chi connectivity index (χ4n) is 4.23. The normalized spacial score (nSPS) is 11.5. The van der Waals surface area contributed by atoms with Crippen LogP contribution in [-0.4, -0.2) is 31.1 Å². The molecule has 7 nitrogen and oxygen atoms in total. The molecule has 1 atom stereocenters. The highest BCUT2D eigenvalue weighted by Crippen LogP contribution is 2.29. The van der Waals surface area contributed by atoms with Crippen LogP contribution in [0.25, 0.3) is 11.3 Å². The first-order valence-corrected chi connectivity index (χ1v) is 14.2. The average Bonchev–Trinajstić information content (AvgIpc) is 3.46. The first kappa shape index (κ1) is 28.8. The summed E-state index contributed by atoms with van der Waals surface area (Å²) in [5.74, 6) is -0.313. The van der Waals surface area contributed by atoms with Gasteiger partial charge < -0.3 is 14.2 Å². The van der Waals surface area contributed by atoms with E-state index in [9.17, 15) is 9.59 Å². The van der Waals surface area contributed by atoms with E-state index in [1.54, 1.807) is 30.3 Å². The average molecular weight is 559 g/mol. The van der Waals surface area contributed by atoms with Crippen LogP contribution in [0.1, 0.15) is 60.2 Å². The van der Waals surface area contributed by atoms with Crippen LogP contribution in [0.2, 0.25) is 0 Å². The Kier molecular flexibility index (Phi) is 10.3. The van der Waals surface area contributed by atoms with E-state index in [4.69, 9.17) is 14.2 Å². The molecule has 0 saturated carbocycles. The van der Waals surface area contributed by atoms with Gasteiger partial charge in [0.05, 0.1) is 25.5 Å². The Balaban J connectivity index is 1.47. The summed E-state index contributed by atoms with van der Waals surface area (Å²) in [5.41, 5.74) is 3.80. The minimum Gasteiger partial charge on any atom is -0.497 e. The summed E-state index contributed by atoms with van der Waals surface area (Å²) in [6.45, 7) is 2.22. The molecule has 40 heavy (non-hydrogen) atoms. The summed E-state index contributed by atoms with van der Waals surface area (Å²) in [6, 6.07) is 22.0. The zero-order chi connectivity index (χ0) is 28.3. The van der Waals surface area contributed by atoms with Crippen molar-refractivity contribution in [1.29, 1.82) is 0 Å². The van der Waals surface area contributed by atoms with Crippen LogP contribution in [0.3, 0.4) is 0 Å². The van der Waals surface area contributed by atoms with Gasteiger partial charge in [0.2, 0.25) is 6.10 Å². The molecular weight excluding hydrogens is 524 g/mol. The number of anilines is 1. The molecule has 1 heterocycles. The molecule has 0 radical (unpaired) electrons. The second-order valence-electron chi connectivity index (χ2n) is 9.33. The van der Waals surface area contributed by atoms with Crippen molar-refractivity contribution >= 4 is 28.3 Å². The van der Waals surface area contributed by atoms with Crippen LogP contribution in [0.4, 0.5) is 5.13 Å². The van der Waals surface area contributed by atoms with Gasteiger partial charge in [-0.1, -0.05) is 80.8 Å². The van der Waals surface area contributed by atoms with Gasteiger partial charge in [-0.2, -0.15) is 0 Å². The zero-order valence-electron chi connectivity index (χ0n) is 23.0. The first-order chi connectivity index (χ1) is 19.5.